The van der Waals surface area contributed by atoms with E-state index >= 15 is 0 Å². The average molecular weight is 304 g/mol. The maximum Gasteiger partial charge on any atom is 0.223 e. The van der Waals surface area contributed by atoms with Gasteiger partial charge in [0.1, 0.15) is 5.82 Å². The molecule has 4 heteroatoms. The molecule has 1 saturated heterocycles. The van der Waals surface area contributed by atoms with Crippen LogP contribution in [0.2, 0.25) is 0 Å². The predicted octanol–water partition coefficient (Wildman–Crippen LogP) is 2.69. The Kier molecular flexibility index (Phi) is 3.98. The van der Waals surface area contributed by atoms with E-state index < -0.39 is 0 Å². The van der Waals surface area contributed by atoms with E-state index in [9.17, 15) is 9.18 Å². The standard InChI is InChI=1S/C18H25FN2O/c1-18(2,13-5-7-14(19)8-6-13)9-17(22)21-10-15(12-3-4-12)16(20)11-21/h5-8,12,15-16H,3-4,9-11,20H2,1-2H3/t15-,16+/m0/s1. The van der Waals surface area contributed by atoms with Gasteiger partial charge in [-0.1, -0.05) is 26.0 Å². The maximum absolute atomic E-state index is 13.1. The van der Waals surface area contributed by atoms with E-state index in [4.69, 9.17) is 5.73 Å². The fourth-order valence-corrected chi connectivity index (χ4v) is 3.57. The number of nitrogens with two attached hydrogens (primary N) is 1. The lowest BCUT2D eigenvalue weighted by atomic mass is 9.81. The van der Waals surface area contributed by atoms with E-state index in [-0.39, 0.29) is 23.2 Å². The molecule has 1 aromatic carbocycles. The Bertz CT molecular complexity index is 551. The number of carbonyl (C=O) groups is 1. The first-order valence-electron chi connectivity index (χ1n) is 8.16. The zero-order chi connectivity index (χ0) is 15.9. The normalized spacial score (nSPS) is 25.5. The largest absolute Gasteiger partial charge is 0.341 e. The van der Waals surface area contributed by atoms with E-state index in [0.29, 0.717) is 18.9 Å². The summed E-state index contributed by atoms with van der Waals surface area (Å²) >= 11 is 0. The zero-order valence-electron chi connectivity index (χ0n) is 13.4. The topological polar surface area (TPSA) is 46.3 Å². The molecular formula is C18H25FN2O. The fourth-order valence-electron chi connectivity index (χ4n) is 3.57. The van der Waals surface area contributed by atoms with Crippen molar-refractivity contribution in [2.45, 2.75) is 44.6 Å². The summed E-state index contributed by atoms with van der Waals surface area (Å²) in [5.41, 5.74) is 6.90. The molecule has 1 aromatic rings. The van der Waals surface area contributed by atoms with E-state index in [1.54, 1.807) is 12.1 Å². The van der Waals surface area contributed by atoms with Gasteiger partial charge in [0.2, 0.25) is 5.91 Å². The molecule has 1 aliphatic carbocycles. The van der Waals surface area contributed by atoms with Crippen molar-refractivity contribution in [2.24, 2.45) is 17.6 Å². The van der Waals surface area contributed by atoms with Crippen molar-refractivity contribution in [1.82, 2.24) is 4.90 Å². The lowest BCUT2D eigenvalue weighted by molar-refractivity contribution is -0.131. The molecule has 0 unspecified atom stereocenters. The number of rotatable bonds is 4. The molecule has 2 N–H and O–H groups in total. The zero-order valence-corrected chi connectivity index (χ0v) is 13.4. The van der Waals surface area contributed by atoms with Gasteiger partial charge in [0.25, 0.3) is 0 Å². The molecule has 3 nitrogen and oxygen atoms in total. The second-order valence-corrected chi connectivity index (χ2v) is 7.53. The molecule has 120 valence electrons. The number of carbonyl (C=O) groups excluding carboxylic acids is 1. The summed E-state index contributed by atoms with van der Waals surface area (Å²) in [7, 11) is 0. The third-order valence-corrected chi connectivity index (χ3v) is 5.21. The average Bonchev–Trinajstić information content (AvgIpc) is 3.21. The summed E-state index contributed by atoms with van der Waals surface area (Å²) in [6.45, 7) is 5.56. The van der Waals surface area contributed by atoms with Gasteiger partial charge < -0.3 is 10.6 Å². The van der Waals surface area contributed by atoms with Gasteiger partial charge in [0.15, 0.2) is 0 Å². The molecule has 1 amide bonds. The number of hydrogen-bond donors (Lipinski definition) is 1. The highest BCUT2D eigenvalue weighted by molar-refractivity contribution is 5.78. The molecule has 0 aromatic heterocycles. The van der Waals surface area contributed by atoms with Crippen LogP contribution in [0.15, 0.2) is 24.3 Å². The van der Waals surface area contributed by atoms with Crippen LogP contribution in [0.5, 0.6) is 0 Å². The summed E-state index contributed by atoms with van der Waals surface area (Å²) in [5.74, 6) is 1.13. The molecule has 0 bridgehead atoms. The Morgan fingerprint density at radius 2 is 1.91 bits per heavy atom. The Morgan fingerprint density at radius 3 is 2.50 bits per heavy atom. The number of likely N-dealkylation sites (tertiary alicyclic amines) is 1. The predicted molar refractivity (Wildman–Crippen MR) is 84.8 cm³/mol. The maximum atomic E-state index is 13.1. The highest BCUT2D eigenvalue weighted by atomic mass is 19.1. The summed E-state index contributed by atoms with van der Waals surface area (Å²) in [4.78, 5) is 14.6. The molecule has 1 heterocycles. The van der Waals surface area contributed by atoms with Gasteiger partial charge >= 0.3 is 0 Å². The molecule has 1 aliphatic heterocycles. The van der Waals surface area contributed by atoms with Crippen LogP contribution in [-0.2, 0) is 10.2 Å². The van der Waals surface area contributed by atoms with Gasteiger partial charge in [-0.2, -0.15) is 0 Å². The van der Waals surface area contributed by atoms with Gasteiger partial charge in [0.05, 0.1) is 0 Å². The van der Waals surface area contributed by atoms with Crippen LogP contribution in [0.3, 0.4) is 0 Å². The van der Waals surface area contributed by atoms with Crippen molar-refractivity contribution in [3.8, 4) is 0 Å². The van der Waals surface area contributed by atoms with E-state index in [1.165, 1.54) is 25.0 Å². The van der Waals surface area contributed by atoms with Gasteiger partial charge in [-0.3, -0.25) is 4.79 Å². The fraction of sp³-hybridized carbons (Fsp3) is 0.611. The first-order chi connectivity index (χ1) is 10.4. The van der Waals surface area contributed by atoms with Crippen molar-refractivity contribution < 1.29 is 9.18 Å². The number of halogens is 1. The van der Waals surface area contributed by atoms with Crippen LogP contribution in [0, 0.1) is 17.7 Å². The SMILES string of the molecule is CC(C)(CC(=O)N1C[C@@H](N)[C@H](C2CC2)C1)c1ccc(F)cc1. The number of hydrogen-bond acceptors (Lipinski definition) is 2. The smallest absolute Gasteiger partial charge is 0.223 e. The first-order valence-corrected chi connectivity index (χ1v) is 8.16. The second kappa shape index (κ2) is 5.65. The molecular weight excluding hydrogens is 279 g/mol. The lowest BCUT2D eigenvalue weighted by Gasteiger charge is -2.27. The highest BCUT2D eigenvalue weighted by Crippen LogP contribution is 2.41. The summed E-state index contributed by atoms with van der Waals surface area (Å²) in [6.07, 6.45) is 2.96. The quantitative estimate of drug-likeness (QED) is 0.929. The molecule has 22 heavy (non-hydrogen) atoms. The van der Waals surface area contributed by atoms with Gasteiger partial charge in [-0.15, -0.1) is 0 Å². The first kappa shape index (κ1) is 15.5. The molecule has 2 aliphatic rings. The number of amides is 1. The van der Waals surface area contributed by atoms with Gasteiger partial charge in [0, 0.05) is 25.6 Å². The molecule has 3 rings (SSSR count). The Balaban J connectivity index is 1.64. The molecule has 1 saturated carbocycles. The van der Waals surface area contributed by atoms with E-state index in [2.05, 4.69) is 0 Å². The van der Waals surface area contributed by atoms with Crippen molar-refractivity contribution in [2.75, 3.05) is 13.1 Å². The van der Waals surface area contributed by atoms with Crippen LogP contribution in [0.25, 0.3) is 0 Å². The summed E-state index contributed by atoms with van der Waals surface area (Å²) < 4.78 is 13.1. The Morgan fingerprint density at radius 1 is 1.27 bits per heavy atom. The molecule has 2 fully saturated rings. The third kappa shape index (κ3) is 3.17. The van der Waals surface area contributed by atoms with Crippen molar-refractivity contribution in [3.63, 3.8) is 0 Å². The summed E-state index contributed by atoms with van der Waals surface area (Å²) in [5, 5.41) is 0. The van der Waals surface area contributed by atoms with Crippen LogP contribution in [-0.4, -0.2) is 29.9 Å². The van der Waals surface area contributed by atoms with Crippen LogP contribution < -0.4 is 5.73 Å². The number of nitrogens with zero attached hydrogens (tertiary/aromatic N) is 1. The molecule has 2 atom stereocenters. The lowest BCUT2D eigenvalue weighted by Crippen LogP contribution is -2.35. The van der Waals surface area contributed by atoms with Crippen LogP contribution >= 0.6 is 0 Å². The van der Waals surface area contributed by atoms with E-state index in [1.807, 2.05) is 18.7 Å². The number of benzene rings is 1. The Labute approximate surface area is 131 Å². The molecule has 0 spiro atoms. The monoisotopic (exact) mass is 304 g/mol. The summed E-state index contributed by atoms with van der Waals surface area (Å²) in [6, 6.07) is 6.58. The van der Waals surface area contributed by atoms with Crippen molar-refractivity contribution >= 4 is 5.91 Å². The van der Waals surface area contributed by atoms with Crippen LogP contribution in [0.1, 0.15) is 38.7 Å². The minimum atomic E-state index is -0.299. The van der Waals surface area contributed by atoms with Crippen molar-refractivity contribution in [3.05, 3.63) is 35.6 Å². The highest BCUT2D eigenvalue weighted by Gasteiger charge is 2.42. The minimum Gasteiger partial charge on any atom is -0.341 e. The second-order valence-electron chi connectivity index (χ2n) is 7.53. The minimum absolute atomic E-state index is 0.130. The van der Waals surface area contributed by atoms with Gasteiger partial charge in [-0.05, 0) is 47.8 Å². The van der Waals surface area contributed by atoms with Gasteiger partial charge in [-0.25, -0.2) is 4.39 Å². The Hall–Kier alpha value is -1.42. The third-order valence-electron chi connectivity index (χ3n) is 5.21. The van der Waals surface area contributed by atoms with Crippen molar-refractivity contribution in [1.29, 1.82) is 0 Å². The molecule has 0 radical (unpaired) electrons. The van der Waals surface area contributed by atoms with Crippen LogP contribution in [0.4, 0.5) is 4.39 Å². The van der Waals surface area contributed by atoms with E-state index in [0.717, 1.165) is 18.0 Å².